The topological polar surface area (TPSA) is 30.9 Å². The molecule has 4 nitrogen and oxygen atoms in total. The van der Waals surface area contributed by atoms with Crippen LogP contribution in [0.4, 0.5) is 0 Å². The van der Waals surface area contributed by atoms with Gasteiger partial charge >= 0.3 is 0 Å². The molecule has 0 atom stereocenters. The van der Waals surface area contributed by atoms with Gasteiger partial charge in [-0.1, -0.05) is 31.2 Å². The molecule has 1 aromatic rings. The van der Waals surface area contributed by atoms with E-state index in [0.29, 0.717) is 0 Å². The summed E-state index contributed by atoms with van der Waals surface area (Å²) in [6.07, 6.45) is 2.52. The van der Waals surface area contributed by atoms with Crippen LogP contribution in [0.5, 0.6) is 0 Å². The first-order valence-corrected chi connectivity index (χ1v) is 8.27. The van der Waals surface area contributed by atoms with E-state index < -0.39 is 0 Å². The summed E-state index contributed by atoms with van der Waals surface area (Å²) in [5, 5.41) is 3.54. The summed E-state index contributed by atoms with van der Waals surface area (Å²) in [4.78, 5) is 9.05. The summed E-state index contributed by atoms with van der Waals surface area (Å²) in [5.41, 5.74) is 2.73. The van der Waals surface area contributed by atoms with Gasteiger partial charge in [0.2, 0.25) is 0 Å². The lowest BCUT2D eigenvalue weighted by Crippen LogP contribution is -2.45. The number of guanidine groups is 1. The van der Waals surface area contributed by atoms with Crippen LogP contribution in [-0.4, -0.2) is 50.0 Å². The van der Waals surface area contributed by atoms with E-state index in [2.05, 4.69) is 65.4 Å². The predicted molar refractivity (Wildman–Crippen MR) is 94.0 cm³/mol. The summed E-state index contributed by atoms with van der Waals surface area (Å²) < 4.78 is 0. The molecular weight excluding hydrogens is 272 g/mol. The van der Waals surface area contributed by atoms with Gasteiger partial charge in [0.05, 0.1) is 0 Å². The fourth-order valence-corrected chi connectivity index (χ4v) is 2.95. The molecule has 0 bridgehead atoms. The Morgan fingerprint density at radius 2 is 1.86 bits per heavy atom. The van der Waals surface area contributed by atoms with Gasteiger partial charge in [0, 0.05) is 33.2 Å². The van der Waals surface area contributed by atoms with Crippen molar-refractivity contribution in [1.29, 1.82) is 0 Å². The van der Waals surface area contributed by atoms with Gasteiger partial charge in [-0.05, 0) is 44.0 Å². The highest BCUT2D eigenvalue weighted by molar-refractivity contribution is 5.80. The Morgan fingerprint density at radius 1 is 1.23 bits per heavy atom. The molecule has 0 unspecified atom stereocenters. The maximum Gasteiger partial charge on any atom is 0.193 e. The van der Waals surface area contributed by atoms with Crippen molar-refractivity contribution in [3.8, 4) is 0 Å². The molecule has 1 aromatic carbocycles. The lowest BCUT2D eigenvalue weighted by molar-refractivity contribution is 0.273. The second-order valence-electron chi connectivity index (χ2n) is 6.58. The van der Waals surface area contributed by atoms with E-state index in [-0.39, 0.29) is 0 Å². The molecule has 1 aliphatic heterocycles. The van der Waals surface area contributed by atoms with Crippen LogP contribution in [0.25, 0.3) is 0 Å². The predicted octanol–water partition coefficient (Wildman–Crippen LogP) is 2.56. The van der Waals surface area contributed by atoms with Gasteiger partial charge in [-0.15, -0.1) is 0 Å². The van der Waals surface area contributed by atoms with E-state index in [1.165, 1.54) is 24.0 Å². The van der Waals surface area contributed by atoms with E-state index >= 15 is 0 Å². The van der Waals surface area contributed by atoms with Gasteiger partial charge in [0.25, 0.3) is 0 Å². The first-order valence-electron chi connectivity index (χ1n) is 8.27. The molecule has 1 N–H and O–H groups in total. The number of aliphatic imine (C=N–C) groups is 1. The van der Waals surface area contributed by atoms with Crippen molar-refractivity contribution in [1.82, 2.24) is 15.1 Å². The van der Waals surface area contributed by atoms with Gasteiger partial charge in [0.1, 0.15) is 0 Å². The molecule has 1 fully saturated rings. The highest BCUT2D eigenvalue weighted by Crippen LogP contribution is 2.16. The van der Waals surface area contributed by atoms with Gasteiger partial charge in [-0.3, -0.25) is 4.99 Å². The van der Waals surface area contributed by atoms with Crippen LogP contribution in [0.1, 0.15) is 30.9 Å². The maximum atomic E-state index is 4.46. The molecule has 1 saturated heterocycles. The minimum atomic E-state index is 0.836. The standard InChI is InChI=1S/C18H30N4/c1-15-9-11-22(12-10-15)18(19-2)20-13-16-7-5-6-8-17(16)14-21(3)4/h5-8,15H,9-14H2,1-4H3,(H,19,20). The lowest BCUT2D eigenvalue weighted by atomic mass is 9.99. The van der Waals surface area contributed by atoms with E-state index in [1.54, 1.807) is 0 Å². The van der Waals surface area contributed by atoms with Crippen LogP contribution in [0.15, 0.2) is 29.3 Å². The molecule has 0 aliphatic carbocycles. The minimum absolute atomic E-state index is 0.836. The SMILES string of the molecule is CN=C(NCc1ccccc1CN(C)C)N1CCC(C)CC1. The highest BCUT2D eigenvalue weighted by Gasteiger charge is 2.18. The number of hydrogen-bond acceptors (Lipinski definition) is 2. The largest absolute Gasteiger partial charge is 0.352 e. The van der Waals surface area contributed by atoms with Gasteiger partial charge < -0.3 is 15.1 Å². The number of nitrogens with one attached hydrogen (secondary N) is 1. The number of hydrogen-bond donors (Lipinski definition) is 1. The number of nitrogens with zero attached hydrogens (tertiary/aromatic N) is 3. The average molecular weight is 302 g/mol. The average Bonchev–Trinajstić information content (AvgIpc) is 2.50. The van der Waals surface area contributed by atoms with Crippen LogP contribution in [0, 0.1) is 5.92 Å². The van der Waals surface area contributed by atoms with Crippen molar-refractivity contribution in [2.75, 3.05) is 34.2 Å². The fourth-order valence-electron chi connectivity index (χ4n) is 2.95. The molecule has 0 saturated carbocycles. The van der Waals surface area contributed by atoms with Gasteiger partial charge in [-0.25, -0.2) is 0 Å². The van der Waals surface area contributed by atoms with Crippen molar-refractivity contribution in [3.05, 3.63) is 35.4 Å². The maximum absolute atomic E-state index is 4.46. The first-order chi connectivity index (χ1) is 10.6. The molecule has 0 spiro atoms. The van der Waals surface area contributed by atoms with Gasteiger partial charge in [-0.2, -0.15) is 0 Å². The lowest BCUT2D eigenvalue weighted by Gasteiger charge is -2.33. The summed E-state index contributed by atoms with van der Waals surface area (Å²) >= 11 is 0. The summed E-state index contributed by atoms with van der Waals surface area (Å²) in [7, 11) is 6.10. The van der Waals surface area contributed by atoms with Gasteiger partial charge in [0.15, 0.2) is 5.96 Å². The molecule has 0 amide bonds. The van der Waals surface area contributed by atoms with Crippen LogP contribution < -0.4 is 5.32 Å². The Kier molecular flexibility index (Phi) is 6.25. The molecule has 122 valence electrons. The third-order valence-corrected chi connectivity index (χ3v) is 4.34. The Morgan fingerprint density at radius 3 is 2.45 bits per heavy atom. The fraction of sp³-hybridized carbons (Fsp3) is 0.611. The van der Waals surface area contributed by atoms with E-state index in [9.17, 15) is 0 Å². The minimum Gasteiger partial charge on any atom is -0.352 e. The quantitative estimate of drug-likeness (QED) is 0.685. The van der Waals surface area contributed by atoms with E-state index in [1.807, 2.05) is 7.05 Å². The normalized spacial score (nSPS) is 17.1. The molecule has 1 aliphatic rings. The van der Waals surface area contributed by atoms with Crippen molar-refractivity contribution in [3.63, 3.8) is 0 Å². The van der Waals surface area contributed by atoms with Crippen LogP contribution in [-0.2, 0) is 13.1 Å². The monoisotopic (exact) mass is 302 g/mol. The van der Waals surface area contributed by atoms with Crippen molar-refractivity contribution in [2.45, 2.75) is 32.9 Å². The zero-order chi connectivity index (χ0) is 15.9. The summed E-state index contributed by atoms with van der Waals surface area (Å²) in [5.74, 6) is 1.88. The third-order valence-electron chi connectivity index (χ3n) is 4.34. The Balaban J connectivity index is 1.96. The molecule has 0 radical (unpaired) electrons. The summed E-state index contributed by atoms with van der Waals surface area (Å²) in [6.45, 7) is 6.37. The number of benzene rings is 1. The van der Waals surface area contributed by atoms with Crippen LogP contribution in [0.2, 0.25) is 0 Å². The molecule has 22 heavy (non-hydrogen) atoms. The van der Waals surface area contributed by atoms with Crippen molar-refractivity contribution >= 4 is 5.96 Å². The van der Waals surface area contributed by atoms with Crippen molar-refractivity contribution < 1.29 is 0 Å². The Bertz CT molecular complexity index is 488. The van der Waals surface area contributed by atoms with E-state index in [0.717, 1.165) is 38.1 Å². The third kappa shape index (κ3) is 4.73. The smallest absolute Gasteiger partial charge is 0.193 e. The van der Waals surface area contributed by atoms with Crippen molar-refractivity contribution in [2.24, 2.45) is 10.9 Å². The second kappa shape index (κ2) is 8.18. The molecule has 1 heterocycles. The zero-order valence-corrected chi connectivity index (χ0v) is 14.5. The Labute approximate surface area is 135 Å². The summed E-state index contributed by atoms with van der Waals surface area (Å²) in [6, 6.07) is 8.64. The van der Waals surface area contributed by atoms with Crippen LogP contribution in [0.3, 0.4) is 0 Å². The zero-order valence-electron chi connectivity index (χ0n) is 14.5. The molecule has 2 rings (SSSR count). The highest BCUT2D eigenvalue weighted by atomic mass is 15.3. The Hall–Kier alpha value is -1.55. The number of piperidine rings is 1. The second-order valence-corrected chi connectivity index (χ2v) is 6.58. The number of rotatable bonds is 4. The van der Waals surface area contributed by atoms with Crippen LogP contribution >= 0.6 is 0 Å². The first kappa shape index (κ1) is 16.8. The molecule has 4 heteroatoms. The molecular formula is C18H30N4. The van der Waals surface area contributed by atoms with E-state index in [4.69, 9.17) is 0 Å². The molecule has 0 aromatic heterocycles. The number of likely N-dealkylation sites (tertiary alicyclic amines) is 1.